The Labute approximate surface area is 115 Å². The number of aliphatic hydroxyl groups excluding tert-OH is 1. The van der Waals surface area contributed by atoms with Gasteiger partial charge in [-0.2, -0.15) is 0 Å². The van der Waals surface area contributed by atoms with Crippen molar-refractivity contribution in [3.05, 3.63) is 29.3 Å². The second-order valence-electron chi connectivity index (χ2n) is 4.88. The molecule has 4 N–H and O–H groups in total. The fourth-order valence-corrected chi connectivity index (χ4v) is 2.45. The van der Waals surface area contributed by atoms with Crippen LogP contribution in [-0.4, -0.2) is 35.6 Å². The second-order valence-corrected chi connectivity index (χ2v) is 4.88. The van der Waals surface area contributed by atoms with E-state index in [4.69, 9.17) is 10.9 Å². The molecule has 1 atom stereocenters. The highest BCUT2D eigenvalue weighted by Crippen LogP contribution is 2.24. The number of hydrazine groups is 1. The number of rotatable bonds is 4. The Morgan fingerprint density at radius 3 is 2.65 bits per heavy atom. The van der Waals surface area contributed by atoms with Gasteiger partial charge in [0.1, 0.15) is 5.69 Å². The van der Waals surface area contributed by atoms with Crippen LogP contribution in [0, 0.1) is 17.6 Å². The molecule has 0 bridgehead atoms. The van der Waals surface area contributed by atoms with E-state index in [1.54, 1.807) is 4.90 Å². The first kappa shape index (κ1) is 14.7. The van der Waals surface area contributed by atoms with Gasteiger partial charge in [-0.3, -0.25) is 10.6 Å². The van der Waals surface area contributed by atoms with Crippen LogP contribution in [0.15, 0.2) is 12.1 Å². The molecule has 20 heavy (non-hydrogen) atoms. The summed E-state index contributed by atoms with van der Waals surface area (Å²) in [6, 6.07) is 1.94. The van der Waals surface area contributed by atoms with Gasteiger partial charge in [-0.05, 0) is 30.9 Å². The molecule has 1 aliphatic heterocycles. The van der Waals surface area contributed by atoms with Crippen molar-refractivity contribution in [1.82, 2.24) is 4.90 Å². The van der Waals surface area contributed by atoms with Crippen LogP contribution < -0.4 is 11.3 Å². The molecule has 2 rings (SSSR count). The lowest BCUT2D eigenvalue weighted by Crippen LogP contribution is -2.29. The predicted octanol–water partition coefficient (Wildman–Crippen LogP) is 1.09. The molecule has 0 aromatic heterocycles. The minimum atomic E-state index is -0.901. The van der Waals surface area contributed by atoms with Crippen LogP contribution in [0.5, 0.6) is 0 Å². The number of hydrogen-bond donors (Lipinski definition) is 3. The molecule has 0 aliphatic carbocycles. The van der Waals surface area contributed by atoms with Crippen LogP contribution in [-0.2, 0) is 0 Å². The number of carbonyl (C=O) groups is 1. The van der Waals surface area contributed by atoms with Crippen molar-refractivity contribution in [2.75, 3.05) is 25.1 Å². The Morgan fingerprint density at radius 2 is 2.10 bits per heavy atom. The number of anilines is 1. The van der Waals surface area contributed by atoms with E-state index in [0.29, 0.717) is 19.5 Å². The lowest BCUT2D eigenvalue weighted by molar-refractivity contribution is 0.0784. The van der Waals surface area contributed by atoms with Crippen molar-refractivity contribution in [3.8, 4) is 0 Å². The zero-order chi connectivity index (χ0) is 14.7. The number of hydrogen-bond acceptors (Lipinski definition) is 4. The molecule has 1 amide bonds. The summed E-state index contributed by atoms with van der Waals surface area (Å²) in [6.45, 7) is 1.11. The summed E-state index contributed by atoms with van der Waals surface area (Å²) in [6.07, 6.45) is 1.42. The largest absolute Gasteiger partial charge is 0.396 e. The van der Waals surface area contributed by atoms with Crippen molar-refractivity contribution in [3.63, 3.8) is 0 Å². The Balaban J connectivity index is 2.14. The molecular weight excluding hydrogens is 268 g/mol. The number of carbonyl (C=O) groups excluding carboxylic acids is 1. The van der Waals surface area contributed by atoms with Crippen molar-refractivity contribution in [2.24, 2.45) is 11.8 Å². The summed E-state index contributed by atoms with van der Waals surface area (Å²) in [5.41, 5.74) is 1.42. The van der Waals surface area contributed by atoms with Gasteiger partial charge < -0.3 is 15.4 Å². The summed E-state index contributed by atoms with van der Waals surface area (Å²) in [5.74, 6) is 3.03. The van der Waals surface area contributed by atoms with E-state index in [9.17, 15) is 13.6 Å². The van der Waals surface area contributed by atoms with Crippen molar-refractivity contribution >= 4 is 11.6 Å². The summed E-state index contributed by atoms with van der Waals surface area (Å²) in [4.78, 5) is 13.7. The predicted molar refractivity (Wildman–Crippen MR) is 69.9 cm³/mol. The van der Waals surface area contributed by atoms with Crippen LogP contribution in [0.3, 0.4) is 0 Å². The van der Waals surface area contributed by atoms with Gasteiger partial charge in [0.15, 0.2) is 11.6 Å². The average Bonchev–Trinajstić information content (AvgIpc) is 2.86. The molecule has 7 heteroatoms. The monoisotopic (exact) mass is 285 g/mol. The van der Waals surface area contributed by atoms with Gasteiger partial charge in [-0.1, -0.05) is 0 Å². The molecular formula is C13H17F2N3O2. The fraction of sp³-hybridized carbons (Fsp3) is 0.462. The van der Waals surface area contributed by atoms with Gasteiger partial charge in [-0.25, -0.2) is 8.78 Å². The molecule has 1 aromatic rings. The van der Waals surface area contributed by atoms with E-state index in [2.05, 4.69) is 0 Å². The third kappa shape index (κ3) is 2.88. The van der Waals surface area contributed by atoms with E-state index in [-0.39, 0.29) is 18.1 Å². The number of benzene rings is 1. The Morgan fingerprint density at radius 1 is 1.45 bits per heavy atom. The minimum Gasteiger partial charge on any atom is -0.396 e. The number of aliphatic hydroxyl groups is 1. The molecule has 5 nitrogen and oxygen atoms in total. The molecule has 110 valence electrons. The second kappa shape index (κ2) is 6.15. The average molecular weight is 285 g/mol. The van der Waals surface area contributed by atoms with Gasteiger partial charge in [-0.15, -0.1) is 0 Å². The smallest absolute Gasteiger partial charge is 0.254 e. The van der Waals surface area contributed by atoms with Crippen LogP contribution in [0.2, 0.25) is 0 Å². The maximum Gasteiger partial charge on any atom is 0.254 e. The summed E-state index contributed by atoms with van der Waals surface area (Å²) >= 11 is 0. The molecule has 1 fully saturated rings. The van der Waals surface area contributed by atoms with Crippen LogP contribution in [0.25, 0.3) is 0 Å². The Hall–Kier alpha value is -1.73. The first-order valence-corrected chi connectivity index (χ1v) is 6.42. The van der Waals surface area contributed by atoms with Crippen LogP contribution >= 0.6 is 0 Å². The molecule has 1 saturated heterocycles. The standard InChI is InChI=1S/C13H17F2N3O2/c14-10-5-9(6-11(15)12(10)17-16)13(20)18-3-1-8(7-18)2-4-19/h5-6,8,17,19H,1-4,7,16H2. The summed E-state index contributed by atoms with van der Waals surface area (Å²) < 4.78 is 27.1. The third-order valence-electron chi connectivity index (χ3n) is 3.54. The fourth-order valence-electron chi connectivity index (χ4n) is 2.45. The Bertz CT molecular complexity index is 487. The van der Waals surface area contributed by atoms with Gasteiger partial charge in [0.25, 0.3) is 5.91 Å². The lowest BCUT2D eigenvalue weighted by atomic mass is 10.1. The minimum absolute atomic E-state index is 0.0383. The molecule has 1 aliphatic rings. The van der Waals surface area contributed by atoms with E-state index < -0.39 is 23.2 Å². The quantitative estimate of drug-likeness (QED) is 0.571. The highest BCUT2D eigenvalue weighted by atomic mass is 19.1. The normalized spacial score (nSPS) is 18.4. The maximum absolute atomic E-state index is 13.6. The van der Waals surface area contributed by atoms with Gasteiger partial charge in [0, 0.05) is 25.3 Å². The zero-order valence-corrected chi connectivity index (χ0v) is 10.9. The number of nitrogens with two attached hydrogens (primary N) is 1. The number of likely N-dealkylation sites (tertiary alicyclic amines) is 1. The molecule has 1 unspecified atom stereocenters. The van der Waals surface area contributed by atoms with Gasteiger partial charge in [0.05, 0.1) is 0 Å². The Kier molecular flexibility index (Phi) is 4.51. The van der Waals surface area contributed by atoms with E-state index >= 15 is 0 Å². The van der Waals surface area contributed by atoms with E-state index in [0.717, 1.165) is 18.6 Å². The lowest BCUT2D eigenvalue weighted by Gasteiger charge is -2.17. The number of halogens is 2. The zero-order valence-electron chi connectivity index (χ0n) is 10.9. The van der Waals surface area contributed by atoms with E-state index in [1.165, 1.54) is 0 Å². The third-order valence-corrected chi connectivity index (χ3v) is 3.54. The highest BCUT2D eigenvalue weighted by molar-refractivity contribution is 5.94. The van der Waals surface area contributed by atoms with Gasteiger partial charge in [0.2, 0.25) is 0 Å². The van der Waals surface area contributed by atoms with Crippen LogP contribution in [0.1, 0.15) is 23.2 Å². The topological polar surface area (TPSA) is 78.6 Å². The van der Waals surface area contributed by atoms with E-state index in [1.807, 2.05) is 5.43 Å². The van der Waals surface area contributed by atoms with Crippen molar-refractivity contribution in [1.29, 1.82) is 0 Å². The van der Waals surface area contributed by atoms with Gasteiger partial charge >= 0.3 is 0 Å². The number of nitrogens with one attached hydrogen (secondary N) is 1. The maximum atomic E-state index is 13.6. The molecule has 0 saturated carbocycles. The van der Waals surface area contributed by atoms with Crippen LogP contribution in [0.4, 0.5) is 14.5 Å². The molecule has 0 radical (unpaired) electrons. The molecule has 0 spiro atoms. The summed E-state index contributed by atoms with van der Waals surface area (Å²) in [7, 11) is 0. The molecule has 1 aromatic carbocycles. The van der Waals surface area contributed by atoms with Crippen molar-refractivity contribution in [2.45, 2.75) is 12.8 Å². The number of amides is 1. The number of nitrogen functional groups attached to an aromatic ring is 1. The first-order valence-electron chi connectivity index (χ1n) is 6.42. The SMILES string of the molecule is NNc1c(F)cc(C(=O)N2CCC(CCO)C2)cc1F. The van der Waals surface area contributed by atoms with Crippen molar-refractivity contribution < 1.29 is 18.7 Å². The molecule has 1 heterocycles. The number of nitrogens with zero attached hydrogens (tertiary/aromatic N) is 1. The summed E-state index contributed by atoms with van der Waals surface area (Å²) in [5, 5.41) is 8.88. The first-order chi connectivity index (χ1) is 9.56. The highest BCUT2D eigenvalue weighted by Gasteiger charge is 2.27.